The summed E-state index contributed by atoms with van der Waals surface area (Å²) in [5.74, 6) is -2.33. The Morgan fingerprint density at radius 1 is 0.741 bits per heavy atom. The zero-order valence-corrected chi connectivity index (χ0v) is 15.0. The number of hydrogen-bond donors (Lipinski definition) is 2. The third-order valence-electron chi connectivity index (χ3n) is 4.17. The predicted octanol–water partition coefficient (Wildman–Crippen LogP) is 3.68. The Balaban J connectivity index is 2.04. The smallest absolute Gasteiger partial charge is 0.247 e. The largest absolute Gasteiger partial charge is 0.322 e. The van der Waals surface area contributed by atoms with Crippen LogP contribution < -0.4 is 10.5 Å². The molecule has 3 aromatic rings. The van der Waals surface area contributed by atoms with Gasteiger partial charge in [-0.05, 0) is 23.3 Å². The molecule has 0 bridgehead atoms. The fourth-order valence-electron chi connectivity index (χ4n) is 2.84. The van der Waals surface area contributed by atoms with Gasteiger partial charge in [0.05, 0.1) is 12.1 Å². The van der Waals surface area contributed by atoms with Gasteiger partial charge in [-0.3, -0.25) is 0 Å². The van der Waals surface area contributed by atoms with Gasteiger partial charge in [0.15, 0.2) is 4.90 Å². The number of rotatable bonds is 6. The molecule has 0 heterocycles. The maximum absolute atomic E-state index is 14.0. The normalized spacial score (nSPS) is 13.9. The van der Waals surface area contributed by atoms with E-state index < -0.39 is 38.6 Å². The van der Waals surface area contributed by atoms with E-state index >= 15 is 0 Å². The van der Waals surface area contributed by atoms with Crippen molar-refractivity contribution in [2.24, 2.45) is 5.73 Å². The summed E-state index contributed by atoms with van der Waals surface area (Å²) in [4.78, 5) is -1.02. The molecular formula is C20H18F2N2O2S. The number of nitrogens with one attached hydrogen (secondary N) is 1. The summed E-state index contributed by atoms with van der Waals surface area (Å²) in [7, 11) is -4.50. The maximum atomic E-state index is 14.0. The fraction of sp³-hybridized carbons (Fsp3) is 0.100. The van der Waals surface area contributed by atoms with Crippen molar-refractivity contribution < 1.29 is 17.2 Å². The average Bonchev–Trinajstić information content (AvgIpc) is 2.67. The quantitative estimate of drug-likeness (QED) is 0.677. The summed E-state index contributed by atoms with van der Waals surface area (Å²) in [6, 6.07) is 18.8. The lowest BCUT2D eigenvalue weighted by molar-refractivity contribution is 0.484. The lowest BCUT2D eigenvalue weighted by Crippen LogP contribution is -2.36. The first-order valence-corrected chi connectivity index (χ1v) is 9.70. The van der Waals surface area contributed by atoms with E-state index in [1.54, 1.807) is 54.6 Å². The van der Waals surface area contributed by atoms with Crippen LogP contribution in [0, 0.1) is 11.6 Å². The first-order valence-electron chi connectivity index (χ1n) is 8.22. The van der Waals surface area contributed by atoms with Crippen LogP contribution in [-0.2, 0) is 10.0 Å². The average molecular weight is 388 g/mol. The molecule has 0 spiro atoms. The van der Waals surface area contributed by atoms with Crippen LogP contribution in [-0.4, -0.2) is 8.42 Å². The van der Waals surface area contributed by atoms with Crippen molar-refractivity contribution in [3.05, 3.63) is 102 Å². The van der Waals surface area contributed by atoms with Crippen molar-refractivity contribution in [1.82, 2.24) is 4.72 Å². The molecule has 0 aromatic heterocycles. The summed E-state index contributed by atoms with van der Waals surface area (Å²) < 4.78 is 55.9. The molecule has 3 N–H and O–H groups in total. The highest BCUT2D eigenvalue weighted by Crippen LogP contribution is 2.29. The summed E-state index contributed by atoms with van der Waals surface area (Å²) >= 11 is 0. The van der Waals surface area contributed by atoms with Crippen LogP contribution in [0.3, 0.4) is 0 Å². The van der Waals surface area contributed by atoms with Crippen LogP contribution >= 0.6 is 0 Å². The van der Waals surface area contributed by atoms with Gasteiger partial charge in [0.25, 0.3) is 0 Å². The van der Waals surface area contributed by atoms with Crippen LogP contribution in [0.25, 0.3) is 0 Å². The SMILES string of the molecule is N[C@@H](c1ccccc1)[C@@H](NS(=O)(=O)c1c(F)cccc1F)c1ccccc1. The molecule has 0 amide bonds. The van der Waals surface area contributed by atoms with Crippen molar-refractivity contribution in [2.75, 3.05) is 0 Å². The van der Waals surface area contributed by atoms with Crippen LogP contribution in [0.5, 0.6) is 0 Å². The van der Waals surface area contributed by atoms with Crippen LogP contribution in [0.1, 0.15) is 23.2 Å². The lowest BCUT2D eigenvalue weighted by Gasteiger charge is -2.26. The molecule has 0 fully saturated rings. The van der Waals surface area contributed by atoms with Crippen molar-refractivity contribution in [3.8, 4) is 0 Å². The number of halogens is 2. The second kappa shape index (κ2) is 7.96. The van der Waals surface area contributed by atoms with Gasteiger partial charge in [0, 0.05) is 0 Å². The third-order valence-corrected chi connectivity index (χ3v) is 5.66. The molecule has 0 unspecified atom stereocenters. The molecule has 3 aromatic carbocycles. The highest BCUT2D eigenvalue weighted by molar-refractivity contribution is 7.89. The standard InChI is InChI=1S/C20H18F2N2O2S/c21-16-12-7-13-17(22)20(16)27(25,26)24-19(15-10-5-2-6-11-15)18(23)14-8-3-1-4-9-14/h1-13,18-19,24H,23H2/t18-,19-/m0/s1. The molecule has 0 aliphatic carbocycles. The lowest BCUT2D eigenvalue weighted by atomic mass is 9.95. The molecule has 7 heteroatoms. The van der Waals surface area contributed by atoms with E-state index in [0.29, 0.717) is 11.1 Å². The van der Waals surface area contributed by atoms with E-state index in [-0.39, 0.29) is 0 Å². The molecule has 4 nitrogen and oxygen atoms in total. The second-order valence-electron chi connectivity index (χ2n) is 6.00. The first-order chi connectivity index (χ1) is 12.9. The van der Waals surface area contributed by atoms with Gasteiger partial charge in [0.2, 0.25) is 10.0 Å². The van der Waals surface area contributed by atoms with E-state index in [1.165, 1.54) is 0 Å². The van der Waals surface area contributed by atoms with E-state index in [1.807, 2.05) is 6.07 Å². The Morgan fingerprint density at radius 3 is 1.74 bits per heavy atom. The Kier molecular flexibility index (Phi) is 5.65. The first kappa shape index (κ1) is 19.2. The molecular weight excluding hydrogens is 370 g/mol. The van der Waals surface area contributed by atoms with Crippen molar-refractivity contribution in [1.29, 1.82) is 0 Å². The number of benzene rings is 3. The highest BCUT2D eigenvalue weighted by atomic mass is 32.2. The van der Waals surface area contributed by atoms with E-state index in [4.69, 9.17) is 5.73 Å². The molecule has 0 aliphatic rings. The second-order valence-corrected chi connectivity index (χ2v) is 7.65. The summed E-state index contributed by atoms with van der Waals surface area (Å²) in [6.45, 7) is 0. The van der Waals surface area contributed by atoms with Gasteiger partial charge < -0.3 is 5.73 Å². The Morgan fingerprint density at radius 2 is 1.22 bits per heavy atom. The van der Waals surface area contributed by atoms with Crippen molar-refractivity contribution in [2.45, 2.75) is 17.0 Å². The van der Waals surface area contributed by atoms with Crippen LogP contribution in [0.2, 0.25) is 0 Å². The van der Waals surface area contributed by atoms with E-state index in [2.05, 4.69) is 4.72 Å². The maximum Gasteiger partial charge on any atom is 0.247 e. The topological polar surface area (TPSA) is 72.2 Å². The predicted molar refractivity (Wildman–Crippen MR) is 99.2 cm³/mol. The minimum Gasteiger partial charge on any atom is -0.322 e. The highest BCUT2D eigenvalue weighted by Gasteiger charge is 2.31. The summed E-state index contributed by atoms with van der Waals surface area (Å²) in [5, 5.41) is 0. The Hall–Kier alpha value is -2.61. The summed E-state index contributed by atoms with van der Waals surface area (Å²) in [6.07, 6.45) is 0. The monoisotopic (exact) mass is 388 g/mol. The molecule has 0 radical (unpaired) electrons. The minimum atomic E-state index is -4.50. The van der Waals surface area contributed by atoms with Gasteiger partial charge in [0.1, 0.15) is 11.6 Å². The number of nitrogens with two attached hydrogens (primary N) is 1. The van der Waals surface area contributed by atoms with Crippen molar-refractivity contribution in [3.63, 3.8) is 0 Å². The molecule has 0 saturated heterocycles. The van der Waals surface area contributed by atoms with Crippen molar-refractivity contribution >= 4 is 10.0 Å². The summed E-state index contributed by atoms with van der Waals surface area (Å²) in [5.41, 5.74) is 7.58. The van der Waals surface area contributed by atoms with Gasteiger partial charge in [-0.1, -0.05) is 66.7 Å². The van der Waals surface area contributed by atoms with E-state index in [0.717, 1.165) is 18.2 Å². The van der Waals surface area contributed by atoms with Gasteiger partial charge in [-0.15, -0.1) is 0 Å². The number of hydrogen-bond acceptors (Lipinski definition) is 3. The van der Waals surface area contributed by atoms with Gasteiger partial charge >= 0.3 is 0 Å². The third kappa shape index (κ3) is 4.21. The molecule has 27 heavy (non-hydrogen) atoms. The van der Waals surface area contributed by atoms with Crippen LogP contribution in [0.15, 0.2) is 83.8 Å². The molecule has 0 aliphatic heterocycles. The van der Waals surface area contributed by atoms with Crippen LogP contribution in [0.4, 0.5) is 8.78 Å². The fourth-order valence-corrected chi connectivity index (χ4v) is 4.23. The zero-order valence-electron chi connectivity index (χ0n) is 14.2. The number of sulfonamides is 1. The molecule has 0 saturated carbocycles. The van der Waals surface area contributed by atoms with Gasteiger partial charge in [-0.2, -0.15) is 0 Å². The van der Waals surface area contributed by atoms with Gasteiger partial charge in [-0.25, -0.2) is 21.9 Å². The minimum absolute atomic E-state index is 0.578. The van der Waals surface area contributed by atoms with E-state index in [9.17, 15) is 17.2 Å². The zero-order chi connectivity index (χ0) is 19.4. The molecule has 2 atom stereocenters. The Bertz CT molecular complexity index is 992. The molecule has 140 valence electrons. The Labute approximate surface area is 156 Å². The molecule has 3 rings (SSSR count).